The van der Waals surface area contributed by atoms with Gasteiger partial charge >= 0.3 is 0 Å². The average molecular weight is 385 g/mol. The van der Waals surface area contributed by atoms with E-state index in [4.69, 9.17) is 9.47 Å². The van der Waals surface area contributed by atoms with Crippen LogP contribution < -0.4 is 0 Å². The molecule has 0 saturated carbocycles. The molecular weight excluding hydrogens is 352 g/mol. The van der Waals surface area contributed by atoms with Crippen molar-refractivity contribution >= 4 is 5.78 Å². The maximum Gasteiger partial charge on any atom is 0.141 e. The van der Waals surface area contributed by atoms with E-state index in [1.54, 1.807) is 6.92 Å². The van der Waals surface area contributed by atoms with Gasteiger partial charge in [0.2, 0.25) is 0 Å². The summed E-state index contributed by atoms with van der Waals surface area (Å²) in [7, 11) is 0. The van der Waals surface area contributed by atoms with Crippen LogP contribution in [-0.4, -0.2) is 29.7 Å². The van der Waals surface area contributed by atoms with E-state index in [-0.39, 0.29) is 12.2 Å². The molecule has 0 radical (unpaired) electrons. The zero-order valence-electron chi connectivity index (χ0n) is 17.1. The van der Waals surface area contributed by atoms with Gasteiger partial charge in [-0.25, -0.2) is 0 Å². The molecule has 2 aromatic carbocycles. The first kappa shape index (κ1) is 22.3. The first-order valence-corrected chi connectivity index (χ1v) is 9.87. The lowest BCUT2D eigenvalue weighted by molar-refractivity contribution is -0.133. The lowest BCUT2D eigenvalue weighted by Gasteiger charge is -2.26. The normalized spacial score (nSPS) is 13.9. The van der Waals surface area contributed by atoms with Gasteiger partial charge in [-0.2, -0.15) is 0 Å². The summed E-state index contributed by atoms with van der Waals surface area (Å²) in [6.07, 6.45) is -0.526. The minimum Gasteiger partial charge on any atom is -0.390 e. The van der Waals surface area contributed by atoms with Crippen LogP contribution in [0.25, 0.3) is 0 Å². The number of ether oxygens (including phenoxy) is 2. The predicted molar refractivity (Wildman–Crippen MR) is 111 cm³/mol. The Kier molecular flexibility index (Phi) is 8.84. The Morgan fingerprint density at radius 1 is 0.964 bits per heavy atom. The van der Waals surface area contributed by atoms with Crippen molar-refractivity contribution in [3.05, 3.63) is 71.8 Å². The molecule has 2 atom stereocenters. The van der Waals surface area contributed by atoms with E-state index in [2.05, 4.69) is 0 Å². The van der Waals surface area contributed by atoms with Crippen molar-refractivity contribution in [3.8, 4) is 0 Å². The molecule has 0 aliphatic carbocycles. The van der Waals surface area contributed by atoms with Crippen LogP contribution in [0.5, 0.6) is 0 Å². The van der Waals surface area contributed by atoms with Gasteiger partial charge in [-0.15, -0.1) is 0 Å². The fourth-order valence-corrected chi connectivity index (χ4v) is 2.78. The Labute approximate surface area is 168 Å². The molecule has 0 heterocycles. The van der Waals surface area contributed by atoms with Gasteiger partial charge in [-0.3, -0.25) is 4.79 Å². The maximum atomic E-state index is 12.6. The van der Waals surface area contributed by atoms with Gasteiger partial charge < -0.3 is 14.6 Å². The molecule has 0 aromatic heterocycles. The molecule has 28 heavy (non-hydrogen) atoms. The fraction of sp³-hybridized carbons (Fsp3) is 0.458. The van der Waals surface area contributed by atoms with Crippen molar-refractivity contribution in [2.24, 2.45) is 5.41 Å². The van der Waals surface area contributed by atoms with E-state index in [0.717, 1.165) is 11.1 Å². The highest BCUT2D eigenvalue weighted by molar-refractivity contribution is 5.84. The molecule has 0 aliphatic rings. The molecule has 0 fully saturated rings. The molecule has 4 nitrogen and oxygen atoms in total. The number of carbonyl (C=O) groups is 1. The summed E-state index contributed by atoms with van der Waals surface area (Å²) >= 11 is 0. The molecule has 0 unspecified atom stereocenters. The first-order valence-electron chi connectivity index (χ1n) is 9.87. The van der Waals surface area contributed by atoms with E-state index >= 15 is 0 Å². The monoisotopic (exact) mass is 384 g/mol. The topological polar surface area (TPSA) is 55.8 Å². The van der Waals surface area contributed by atoms with Crippen LogP contribution in [0.1, 0.15) is 44.7 Å². The summed E-state index contributed by atoms with van der Waals surface area (Å²) in [5, 5.41) is 10.4. The number of benzene rings is 2. The summed E-state index contributed by atoms with van der Waals surface area (Å²) in [6.45, 7) is 7.08. The Balaban J connectivity index is 1.71. The number of aliphatic hydroxyl groups is 1. The Hall–Kier alpha value is -2.01. The van der Waals surface area contributed by atoms with Crippen molar-refractivity contribution in [2.45, 2.75) is 59.0 Å². The quantitative estimate of drug-likeness (QED) is 0.546. The van der Waals surface area contributed by atoms with Crippen molar-refractivity contribution in [2.75, 3.05) is 6.61 Å². The number of carbonyl (C=O) groups excluding carboxylic acids is 1. The summed E-state index contributed by atoms with van der Waals surface area (Å²) < 4.78 is 11.4. The fourth-order valence-electron chi connectivity index (χ4n) is 2.78. The van der Waals surface area contributed by atoms with Gasteiger partial charge in [0.15, 0.2) is 0 Å². The smallest absolute Gasteiger partial charge is 0.141 e. The molecule has 4 heteroatoms. The Morgan fingerprint density at radius 2 is 1.50 bits per heavy atom. The summed E-state index contributed by atoms with van der Waals surface area (Å²) in [5.41, 5.74) is 1.62. The van der Waals surface area contributed by atoms with Gasteiger partial charge in [-0.05, 0) is 24.5 Å². The van der Waals surface area contributed by atoms with E-state index in [0.29, 0.717) is 26.2 Å². The largest absolute Gasteiger partial charge is 0.390 e. The molecular formula is C24H32O4. The van der Waals surface area contributed by atoms with Crippen molar-refractivity contribution in [1.29, 1.82) is 0 Å². The van der Waals surface area contributed by atoms with Crippen LogP contribution in [0.4, 0.5) is 0 Å². The van der Waals surface area contributed by atoms with Gasteiger partial charge in [0.25, 0.3) is 0 Å². The second-order valence-electron chi connectivity index (χ2n) is 7.87. The third kappa shape index (κ3) is 7.55. The van der Waals surface area contributed by atoms with Crippen LogP contribution in [0.2, 0.25) is 0 Å². The van der Waals surface area contributed by atoms with Crippen LogP contribution in [0.3, 0.4) is 0 Å². The molecule has 152 valence electrons. The number of Topliss-reactive ketones (excluding diaryl/α,β-unsaturated/α-hetero) is 1. The SMILES string of the molecule is C[C@@H](OCc1ccccc1)[C@@H](O)CC(=O)C(C)(C)CCOCc1ccccc1. The molecule has 2 rings (SSSR count). The van der Waals surface area contributed by atoms with E-state index < -0.39 is 17.6 Å². The number of hydrogen-bond donors (Lipinski definition) is 1. The summed E-state index contributed by atoms with van der Waals surface area (Å²) in [4.78, 5) is 12.6. The highest BCUT2D eigenvalue weighted by Crippen LogP contribution is 2.25. The Morgan fingerprint density at radius 3 is 2.07 bits per heavy atom. The molecule has 0 saturated heterocycles. The summed E-state index contributed by atoms with van der Waals surface area (Å²) in [6, 6.07) is 19.8. The first-order chi connectivity index (χ1) is 13.4. The van der Waals surface area contributed by atoms with Crippen LogP contribution in [0, 0.1) is 5.41 Å². The molecule has 2 aromatic rings. The highest BCUT2D eigenvalue weighted by Gasteiger charge is 2.30. The van der Waals surface area contributed by atoms with E-state index in [1.165, 1.54) is 0 Å². The third-order valence-electron chi connectivity index (χ3n) is 5.03. The van der Waals surface area contributed by atoms with Crippen molar-refractivity contribution < 1.29 is 19.4 Å². The van der Waals surface area contributed by atoms with Gasteiger partial charge in [-0.1, -0.05) is 74.5 Å². The number of rotatable bonds is 12. The lowest BCUT2D eigenvalue weighted by atomic mass is 9.82. The summed E-state index contributed by atoms with van der Waals surface area (Å²) in [5.74, 6) is 0.0264. The standard InChI is InChI=1S/C24H32O4/c1-19(28-18-21-12-8-5-9-13-21)22(25)16-23(26)24(2,3)14-15-27-17-20-10-6-4-7-11-20/h4-13,19,22,25H,14-18H2,1-3H3/t19-,22+/m1/s1. The van der Waals surface area contributed by atoms with E-state index in [1.807, 2.05) is 74.5 Å². The number of aliphatic hydroxyl groups excluding tert-OH is 1. The van der Waals surface area contributed by atoms with Gasteiger partial charge in [0.05, 0.1) is 25.4 Å². The van der Waals surface area contributed by atoms with Crippen molar-refractivity contribution in [1.82, 2.24) is 0 Å². The average Bonchev–Trinajstić information content (AvgIpc) is 2.71. The van der Waals surface area contributed by atoms with E-state index in [9.17, 15) is 9.90 Å². The number of ketones is 1. The Bertz CT molecular complexity index is 697. The zero-order chi connectivity index (χ0) is 20.4. The van der Waals surface area contributed by atoms with Gasteiger partial charge in [0.1, 0.15) is 5.78 Å². The van der Waals surface area contributed by atoms with Crippen LogP contribution >= 0.6 is 0 Å². The predicted octanol–water partition coefficient (Wildman–Crippen LogP) is 4.54. The molecule has 1 N–H and O–H groups in total. The van der Waals surface area contributed by atoms with Crippen molar-refractivity contribution in [3.63, 3.8) is 0 Å². The second kappa shape index (κ2) is 11.1. The molecule has 0 amide bonds. The third-order valence-corrected chi connectivity index (χ3v) is 5.03. The zero-order valence-corrected chi connectivity index (χ0v) is 17.1. The molecule has 0 bridgehead atoms. The highest BCUT2D eigenvalue weighted by atomic mass is 16.5. The van der Waals surface area contributed by atoms with Gasteiger partial charge in [0, 0.05) is 18.4 Å². The van der Waals surface area contributed by atoms with Crippen LogP contribution in [-0.2, 0) is 27.5 Å². The van der Waals surface area contributed by atoms with Crippen LogP contribution in [0.15, 0.2) is 60.7 Å². The molecule has 0 aliphatic heterocycles. The molecule has 0 spiro atoms. The minimum atomic E-state index is -0.819. The minimum absolute atomic E-state index is 0.0264. The second-order valence-corrected chi connectivity index (χ2v) is 7.87. The lowest BCUT2D eigenvalue weighted by Crippen LogP contribution is -2.34. The maximum absolute atomic E-state index is 12.6. The number of hydrogen-bond acceptors (Lipinski definition) is 4.